The first-order valence-corrected chi connectivity index (χ1v) is 11.6. The number of rotatable bonds is 5. The molecule has 1 aliphatic heterocycles. The molecule has 2 aromatic heterocycles. The van der Waals surface area contributed by atoms with Crippen LogP contribution in [0.1, 0.15) is 38.4 Å². The summed E-state index contributed by atoms with van der Waals surface area (Å²) in [7, 11) is 0. The summed E-state index contributed by atoms with van der Waals surface area (Å²) in [5, 5.41) is 0.555. The minimum Gasteiger partial charge on any atom is -0.383 e. The highest BCUT2D eigenvalue weighted by Crippen LogP contribution is 2.39. The smallest absolute Gasteiger partial charge is 0.325 e. The third-order valence-electron chi connectivity index (χ3n) is 6.62. The maximum Gasteiger partial charge on any atom is 0.325 e. The average molecular weight is 495 g/mol. The highest BCUT2D eigenvalue weighted by atomic mass is 19.1. The van der Waals surface area contributed by atoms with E-state index < -0.39 is 23.5 Å². The van der Waals surface area contributed by atoms with Crippen LogP contribution in [0.5, 0.6) is 0 Å². The Labute approximate surface area is 206 Å². The van der Waals surface area contributed by atoms with Crippen molar-refractivity contribution >= 4 is 28.6 Å². The molecule has 0 saturated carbocycles. The Morgan fingerprint density at radius 3 is 2.50 bits per heavy atom. The standard InChI is InChI=1S/C26H25F3N6O/c1-4-33-22(18-7-5-15(27)9-20(18)28)12-35(26(33)36)16-6-8-17(21(29)10-16)19-11-34(14(2)3)25-23(19)24(30)31-13-32-25/h5-11,13-14,22H,4,12H2,1-3H3,(H2,30,31,32). The maximum atomic E-state index is 15.5. The predicted molar refractivity (Wildman–Crippen MR) is 132 cm³/mol. The Morgan fingerprint density at radius 2 is 1.83 bits per heavy atom. The van der Waals surface area contributed by atoms with Gasteiger partial charge < -0.3 is 15.2 Å². The number of anilines is 2. The van der Waals surface area contributed by atoms with Gasteiger partial charge in [0.15, 0.2) is 0 Å². The molecular weight excluding hydrogens is 469 g/mol. The Kier molecular flexibility index (Phi) is 5.82. The van der Waals surface area contributed by atoms with E-state index in [4.69, 9.17) is 5.73 Å². The molecule has 0 bridgehead atoms. The fourth-order valence-corrected chi connectivity index (χ4v) is 4.84. The second-order valence-corrected chi connectivity index (χ2v) is 9.03. The molecule has 5 rings (SSSR count). The number of nitrogen functional groups attached to an aromatic ring is 1. The molecule has 186 valence electrons. The zero-order chi connectivity index (χ0) is 25.7. The Morgan fingerprint density at radius 1 is 1.06 bits per heavy atom. The van der Waals surface area contributed by atoms with Crippen LogP contribution in [0.25, 0.3) is 22.2 Å². The molecule has 0 radical (unpaired) electrons. The molecule has 0 aliphatic carbocycles. The minimum absolute atomic E-state index is 0.0592. The maximum absolute atomic E-state index is 15.5. The normalized spacial score (nSPS) is 16.1. The van der Waals surface area contributed by atoms with E-state index in [0.29, 0.717) is 34.4 Å². The van der Waals surface area contributed by atoms with Gasteiger partial charge in [0.2, 0.25) is 0 Å². The first-order chi connectivity index (χ1) is 17.2. The van der Waals surface area contributed by atoms with Gasteiger partial charge in [0, 0.05) is 47.2 Å². The molecule has 1 atom stereocenters. The lowest BCUT2D eigenvalue weighted by atomic mass is 10.0. The van der Waals surface area contributed by atoms with E-state index in [1.54, 1.807) is 25.3 Å². The van der Waals surface area contributed by atoms with Gasteiger partial charge in [-0.05, 0) is 45.0 Å². The Balaban J connectivity index is 1.54. The van der Waals surface area contributed by atoms with Gasteiger partial charge in [0.05, 0.1) is 18.0 Å². The first kappa shape index (κ1) is 23.7. The van der Waals surface area contributed by atoms with Crippen LogP contribution in [0, 0.1) is 17.5 Å². The number of likely N-dealkylation sites (N-methyl/N-ethyl adjacent to an activating group) is 1. The van der Waals surface area contributed by atoms with E-state index in [1.165, 1.54) is 28.3 Å². The van der Waals surface area contributed by atoms with Crippen LogP contribution in [0.4, 0.5) is 29.5 Å². The van der Waals surface area contributed by atoms with Crippen LogP contribution in [-0.4, -0.2) is 38.6 Å². The van der Waals surface area contributed by atoms with Gasteiger partial charge in [-0.1, -0.05) is 6.07 Å². The fourth-order valence-electron chi connectivity index (χ4n) is 4.84. The van der Waals surface area contributed by atoms with Crippen molar-refractivity contribution < 1.29 is 18.0 Å². The van der Waals surface area contributed by atoms with Crippen LogP contribution in [-0.2, 0) is 0 Å². The molecule has 0 spiro atoms. The molecule has 36 heavy (non-hydrogen) atoms. The number of urea groups is 1. The van der Waals surface area contributed by atoms with Crippen molar-refractivity contribution in [3.63, 3.8) is 0 Å². The van der Waals surface area contributed by atoms with Gasteiger partial charge in [0.25, 0.3) is 0 Å². The van der Waals surface area contributed by atoms with Gasteiger partial charge in [-0.15, -0.1) is 0 Å². The monoisotopic (exact) mass is 494 g/mol. The van der Waals surface area contributed by atoms with Gasteiger partial charge in [-0.3, -0.25) is 4.90 Å². The second kappa shape index (κ2) is 8.85. The number of nitrogens with two attached hydrogens (primary N) is 1. The number of aromatic nitrogens is 3. The van der Waals surface area contributed by atoms with E-state index in [2.05, 4.69) is 9.97 Å². The highest BCUT2D eigenvalue weighted by molar-refractivity contribution is 6.01. The van der Waals surface area contributed by atoms with Crippen molar-refractivity contribution in [3.05, 3.63) is 71.9 Å². The van der Waals surface area contributed by atoms with Crippen molar-refractivity contribution in [1.82, 2.24) is 19.4 Å². The number of nitrogens with zero attached hydrogens (tertiary/aromatic N) is 5. The summed E-state index contributed by atoms with van der Waals surface area (Å²) >= 11 is 0. The summed E-state index contributed by atoms with van der Waals surface area (Å²) in [6.07, 6.45) is 3.17. The molecule has 1 fully saturated rings. The van der Waals surface area contributed by atoms with E-state index in [0.717, 1.165) is 12.1 Å². The summed E-state index contributed by atoms with van der Waals surface area (Å²) in [4.78, 5) is 24.4. The number of carbonyl (C=O) groups excluding carboxylic acids is 1. The van der Waals surface area contributed by atoms with Crippen LogP contribution in [0.3, 0.4) is 0 Å². The molecule has 10 heteroatoms. The lowest BCUT2D eigenvalue weighted by Gasteiger charge is -2.22. The lowest BCUT2D eigenvalue weighted by Crippen LogP contribution is -2.32. The van der Waals surface area contributed by atoms with E-state index >= 15 is 4.39 Å². The number of hydrogen-bond acceptors (Lipinski definition) is 4. The summed E-state index contributed by atoms with van der Waals surface area (Å²) in [6.45, 7) is 6.16. The molecule has 4 aromatic rings. The fraction of sp³-hybridized carbons (Fsp3) is 0.269. The molecule has 2 aromatic carbocycles. The van der Waals surface area contributed by atoms with Crippen molar-refractivity contribution in [3.8, 4) is 11.1 Å². The van der Waals surface area contributed by atoms with Crippen LogP contribution in [0.15, 0.2) is 48.9 Å². The van der Waals surface area contributed by atoms with Crippen molar-refractivity contribution in [2.45, 2.75) is 32.9 Å². The summed E-state index contributed by atoms with van der Waals surface area (Å²) in [6, 6.07) is 6.87. The van der Waals surface area contributed by atoms with Crippen molar-refractivity contribution in [1.29, 1.82) is 0 Å². The summed E-state index contributed by atoms with van der Waals surface area (Å²) in [5.41, 5.74) is 8.13. The molecule has 3 heterocycles. The largest absolute Gasteiger partial charge is 0.383 e. The van der Waals surface area contributed by atoms with E-state index in [9.17, 15) is 13.6 Å². The van der Waals surface area contributed by atoms with E-state index in [1.807, 2.05) is 18.4 Å². The van der Waals surface area contributed by atoms with Crippen LogP contribution >= 0.6 is 0 Å². The second-order valence-electron chi connectivity index (χ2n) is 9.03. The minimum atomic E-state index is -0.726. The van der Waals surface area contributed by atoms with Crippen molar-refractivity contribution in [2.75, 3.05) is 23.7 Å². The third-order valence-corrected chi connectivity index (χ3v) is 6.62. The van der Waals surface area contributed by atoms with Crippen LogP contribution < -0.4 is 10.6 Å². The predicted octanol–water partition coefficient (Wildman–Crippen LogP) is 5.68. The van der Waals surface area contributed by atoms with Gasteiger partial charge in [-0.25, -0.2) is 27.9 Å². The van der Waals surface area contributed by atoms with Gasteiger partial charge >= 0.3 is 6.03 Å². The van der Waals surface area contributed by atoms with Crippen LogP contribution in [0.2, 0.25) is 0 Å². The quantitative estimate of drug-likeness (QED) is 0.387. The molecule has 1 saturated heterocycles. The third kappa shape index (κ3) is 3.73. The Bertz CT molecular complexity index is 1480. The summed E-state index contributed by atoms with van der Waals surface area (Å²) in [5.74, 6) is -1.72. The number of halogens is 3. The first-order valence-electron chi connectivity index (χ1n) is 11.6. The van der Waals surface area contributed by atoms with Crippen molar-refractivity contribution in [2.24, 2.45) is 0 Å². The SMILES string of the molecule is CCN1C(=O)N(c2ccc(-c3cn(C(C)C)c4ncnc(N)c34)c(F)c2)CC1c1ccc(F)cc1F. The number of hydrogen-bond donors (Lipinski definition) is 1. The average Bonchev–Trinajstić information content (AvgIpc) is 3.38. The number of carbonyl (C=O) groups is 1. The molecular formula is C26H25F3N6O. The molecule has 2 N–H and O–H groups in total. The number of fused-ring (bicyclic) bond motifs is 1. The molecule has 1 aliphatic rings. The summed E-state index contributed by atoms with van der Waals surface area (Å²) < 4.78 is 45.4. The van der Waals surface area contributed by atoms with E-state index in [-0.39, 0.29) is 30.0 Å². The number of benzene rings is 2. The lowest BCUT2D eigenvalue weighted by molar-refractivity contribution is 0.208. The topological polar surface area (TPSA) is 80.3 Å². The van der Waals surface area contributed by atoms with Gasteiger partial charge in [0.1, 0.15) is 35.2 Å². The Hall–Kier alpha value is -4.08. The zero-order valence-electron chi connectivity index (χ0n) is 20.0. The highest BCUT2D eigenvalue weighted by Gasteiger charge is 2.39. The molecule has 7 nitrogen and oxygen atoms in total. The zero-order valence-corrected chi connectivity index (χ0v) is 20.0. The molecule has 1 unspecified atom stereocenters. The molecule has 2 amide bonds. The van der Waals surface area contributed by atoms with Gasteiger partial charge in [-0.2, -0.15) is 0 Å². The number of amides is 2.